The van der Waals surface area contributed by atoms with E-state index in [1.165, 1.54) is 0 Å². The maximum atomic E-state index is 8.86. The van der Waals surface area contributed by atoms with Gasteiger partial charge in [-0.05, 0) is 26.7 Å². The van der Waals surface area contributed by atoms with Gasteiger partial charge in [0, 0.05) is 5.71 Å². The van der Waals surface area contributed by atoms with Gasteiger partial charge in [0.25, 0.3) is 0 Å². The lowest BCUT2D eigenvalue weighted by atomic mass is 10.2. The zero-order valence-electron chi connectivity index (χ0n) is 8.15. The standard InChI is InChI=1S/C6H14O.C3H7N/c1-3-5-6(7)4-2;1-3(2)4/h6-7H,3-5H2,1-2H3;4H,1-2H3. The summed E-state index contributed by atoms with van der Waals surface area (Å²) in [4.78, 5) is 0. The van der Waals surface area contributed by atoms with Crippen molar-refractivity contribution in [2.45, 2.75) is 53.1 Å². The van der Waals surface area contributed by atoms with Crippen molar-refractivity contribution in [2.24, 2.45) is 0 Å². The highest BCUT2D eigenvalue weighted by molar-refractivity contribution is 5.75. The topological polar surface area (TPSA) is 44.1 Å². The van der Waals surface area contributed by atoms with E-state index in [0.717, 1.165) is 19.3 Å². The van der Waals surface area contributed by atoms with Crippen LogP contribution in [0.2, 0.25) is 0 Å². The molecular formula is C9H21NO. The third-order valence-electron chi connectivity index (χ3n) is 1.09. The van der Waals surface area contributed by atoms with Gasteiger partial charge in [-0.15, -0.1) is 0 Å². The van der Waals surface area contributed by atoms with Crippen molar-refractivity contribution in [1.29, 1.82) is 5.41 Å². The summed E-state index contributed by atoms with van der Waals surface area (Å²) in [5, 5.41) is 15.4. The van der Waals surface area contributed by atoms with Crippen LogP contribution in [-0.2, 0) is 0 Å². The van der Waals surface area contributed by atoms with E-state index in [2.05, 4.69) is 6.92 Å². The van der Waals surface area contributed by atoms with Gasteiger partial charge in [-0.25, -0.2) is 0 Å². The summed E-state index contributed by atoms with van der Waals surface area (Å²) < 4.78 is 0. The molecule has 0 radical (unpaired) electrons. The molecule has 68 valence electrons. The lowest BCUT2D eigenvalue weighted by Gasteiger charge is -2.01. The van der Waals surface area contributed by atoms with Crippen molar-refractivity contribution in [2.75, 3.05) is 0 Å². The van der Waals surface area contributed by atoms with Crippen LogP contribution in [0.5, 0.6) is 0 Å². The van der Waals surface area contributed by atoms with Crippen molar-refractivity contribution in [1.82, 2.24) is 0 Å². The lowest BCUT2D eigenvalue weighted by molar-refractivity contribution is 0.159. The minimum atomic E-state index is -0.0509. The molecule has 0 aromatic heterocycles. The second-order valence-electron chi connectivity index (χ2n) is 2.85. The molecule has 0 aliphatic carbocycles. The molecule has 2 N–H and O–H groups in total. The van der Waals surface area contributed by atoms with Crippen molar-refractivity contribution in [3.63, 3.8) is 0 Å². The summed E-state index contributed by atoms with van der Waals surface area (Å²) in [5.74, 6) is 0. The first kappa shape index (κ1) is 13.2. The molecular weight excluding hydrogens is 138 g/mol. The van der Waals surface area contributed by atoms with E-state index < -0.39 is 0 Å². The molecule has 0 saturated heterocycles. The van der Waals surface area contributed by atoms with E-state index in [-0.39, 0.29) is 6.10 Å². The van der Waals surface area contributed by atoms with Crippen LogP contribution < -0.4 is 0 Å². The van der Waals surface area contributed by atoms with Gasteiger partial charge in [0.1, 0.15) is 0 Å². The van der Waals surface area contributed by atoms with Gasteiger partial charge in [0.15, 0.2) is 0 Å². The SMILES string of the molecule is CC(C)=N.CCCC(O)CC. The fraction of sp³-hybridized carbons (Fsp3) is 0.889. The van der Waals surface area contributed by atoms with E-state index in [1.807, 2.05) is 6.92 Å². The van der Waals surface area contributed by atoms with Crippen LogP contribution in [0.1, 0.15) is 47.0 Å². The number of nitrogens with one attached hydrogen (secondary N) is 1. The first-order chi connectivity index (χ1) is 5.04. The zero-order chi connectivity index (χ0) is 9.28. The van der Waals surface area contributed by atoms with Gasteiger partial charge in [0.2, 0.25) is 0 Å². The normalized spacial score (nSPS) is 11.4. The van der Waals surface area contributed by atoms with Crippen LogP contribution in [0.15, 0.2) is 0 Å². The molecule has 0 heterocycles. The summed E-state index contributed by atoms with van der Waals surface area (Å²) in [6, 6.07) is 0. The molecule has 0 bridgehead atoms. The minimum absolute atomic E-state index is 0.0509. The smallest absolute Gasteiger partial charge is 0.0537 e. The highest BCUT2D eigenvalue weighted by Gasteiger charge is 1.94. The van der Waals surface area contributed by atoms with Gasteiger partial charge >= 0.3 is 0 Å². The van der Waals surface area contributed by atoms with E-state index in [4.69, 9.17) is 10.5 Å². The van der Waals surface area contributed by atoms with Gasteiger partial charge in [0.05, 0.1) is 6.10 Å². The first-order valence-corrected chi connectivity index (χ1v) is 4.24. The second-order valence-corrected chi connectivity index (χ2v) is 2.85. The van der Waals surface area contributed by atoms with Crippen LogP contribution in [0.25, 0.3) is 0 Å². The molecule has 1 atom stereocenters. The molecule has 0 aliphatic heterocycles. The summed E-state index contributed by atoms with van der Waals surface area (Å²) >= 11 is 0. The van der Waals surface area contributed by atoms with Crippen molar-refractivity contribution < 1.29 is 5.11 Å². The predicted molar refractivity (Wildman–Crippen MR) is 50.3 cm³/mol. The Balaban J connectivity index is 0. The Labute approximate surface area is 70.1 Å². The van der Waals surface area contributed by atoms with Crippen LogP contribution in [0, 0.1) is 5.41 Å². The van der Waals surface area contributed by atoms with Gasteiger partial charge < -0.3 is 10.5 Å². The third kappa shape index (κ3) is 26.2. The predicted octanol–water partition coefficient (Wildman–Crippen LogP) is 2.60. The molecule has 11 heavy (non-hydrogen) atoms. The Morgan fingerprint density at radius 3 is 1.82 bits per heavy atom. The van der Waals surface area contributed by atoms with Crippen LogP contribution in [0.4, 0.5) is 0 Å². The summed E-state index contributed by atoms with van der Waals surface area (Å²) in [7, 11) is 0. The summed E-state index contributed by atoms with van der Waals surface area (Å²) in [5.41, 5.74) is 0.667. The Morgan fingerprint density at radius 2 is 1.73 bits per heavy atom. The molecule has 1 unspecified atom stereocenters. The molecule has 0 amide bonds. The molecule has 0 aromatic rings. The van der Waals surface area contributed by atoms with Gasteiger partial charge in [-0.1, -0.05) is 20.3 Å². The van der Waals surface area contributed by atoms with Gasteiger partial charge in [-0.3, -0.25) is 0 Å². The van der Waals surface area contributed by atoms with Crippen LogP contribution >= 0.6 is 0 Å². The summed E-state index contributed by atoms with van der Waals surface area (Å²) in [6.07, 6.45) is 2.89. The van der Waals surface area contributed by atoms with Crippen LogP contribution in [0.3, 0.4) is 0 Å². The largest absolute Gasteiger partial charge is 0.393 e. The van der Waals surface area contributed by atoms with Crippen molar-refractivity contribution >= 4 is 5.71 Å². The second kappa shape index (κ2) is 9.63. The molecule has 0 spiro atoms. The quantitative estimate of drug-likeness (QED) is 0.611. The molecule has 0 saturated carbocycles. The molecule has 0 aliphatic rings. The Bertz CT molecular complexity index is 87.6. The Hall–Kier alpha value is -0.370. The number of aliphatic hydroxyl groups excluding tert-OH is 1. The highest BCUT2D eigenvalue weighted by atomic mass is 16.3. The molecule has 2 nitrogen and oxygen atoms in total. The fourth-order valence-electron chi connectivity index (χ4n) is 0.537. The average molecular weight is 159 g/mol. The number of hydrogen-bond acceptors (Lipinski definition) is 2. The lowest BCUT2D eigenvalue weighted by Crippen LogP contribution is -2.01. The minimum Gasteiger partial charge on any atom is -0.393 e. The first-order valence-electron chi connectivity index (χ1n) is 4.24. The van der Waals surface area contributed by atoms with E-state index in [9.17, 15) is 0 Å². The number of hydrogen-bond donors (Lipinski definition) is 2. The molecule has 0 aromatic carbocycles. The average Bonchev–Trinajstić information content (AvgIpc) is 1.87. The van der Waals surface area contributed by atoms with Crippen molar-refractivity contribution in [3.05, 3.63) is 0 Å². The monoisotopic (exact) mass is 159 g/mol. The third-order valence-corrected chi connectivity index (χ3v) is 1.09. The fourth-order valence-corrected chi connectivity index (χ4v) is 0.537. The Kier molecular flexibility index (Phi) is 11.6. The molecule has 0 rings (SSSR count). The van der Waals surface area contributed by atoms with E-state index >= 15 is 0 Å². The van der Waals surface area contributed by atoms with E-state index in [1.54, 1.807) is 13.8 Å². The van der Waals surface area contributed by atoms with Gasteiger partial charge in [-0.2, -0.15) is 0 Å². The number of rotatable bonds is 3. The van der Waals surface area contributed by atoms with E-state index in [0.29, 0.717) is 5.71 Å². The highest BCUT2D eigenvalue weighted by Crippen LogP contribution is 1.98. The zero-order valence-corrected chi connectivity index (χ0v) is 8.15. The Morgan fingerprint density at radius 1 is 1.36 bits per heavy atom. The molecule has 2 heteroatoms. The maximum Gasteiger partial charge on any atom is 0.0537 e. The summed E-state index contributed by atoms with van der Waals surface area (Å²) in [6.45, 7) is 7.58. The molecule has 0 fully saturated rings. The maximum absolute atomic E-state index is 8.86. The number of aliphatic hydroxyl groups is 1. The van der Waals surface area contributed by atoms with Crippen molar-refractivity contribution in [3.8, 4) is 0 Å². The van der Waals surface area contributed by atoms with Crippen LogP contribution in [-0.4, -0.2) is 16.9 Å².